The zero-order valence-electron chi connectivity index (χ0n) is 13.0. The van der Waals surface area contributed by atoms with Crippen LogP contribution in [-0.2, 0) is 0 Å². The number of benzene rings is 2. The fourth-order valence-electron chi connectivity index (χ4n) is 2.79. The lowest BCUT2D eigenvalue weighted by atomic mass is 9.94. The first-order valence-corrected chi connectivity index (χ1v) is 8.38. The van der Waals surface area contributed by atoms with E-state index in [1.54, 1.807) is 7.11 Å². The molecule has 4 rings (SSSR count). The molecule has 4 nitrogen and oxygen atoms in total. The van der Waals surface area contributed by atoms with E-state index in [2.05, 4.69) is 11.1 Å². The molecule has 1 aliphatic heterocycles. The van der Waals surface area contributed by atoms with E-state index in [-0.39, 0.29) is 10.8 Å². The number of rotatable bonds is 3. The fraction of sp³-hybridized carbons (Fsp3) is 0.105. The average molecular weight is 337 g/mol. The monoisotopic (exact) mass is 337 g/mol. The molecule has 1 N–H and O–H groups in total. The van der Waals surface area contributed by atoms with Crippen molar-refractivity contribution in [1.29, 1.82) is 0 Å². The molecule has 0 spiro atoms. The van der Waals surface area contributed by atoms with Crippen molar-refractivity contribution in [1.82, 2.24) is 4.98 Å². The lowest BCUT2D eigenvalue weighted by molar-refractivity contribution is 0.414. The Morgan fingerprint density at radius 2 is 1.83 bits per heavy atom. The third-order valence-corrected chi connectivity index (χ3v) is 4.93. The van der Waals surface area contributed by atoms with Gasteiger partial charge in [0.2, 0.25) is 5.88 Å². The van der Waals surface area contributed by atoms with E-state index in [9.17, 15) is 4.79 Å². The largest absolute Gasteiger partial charge is 0.497 e. The summed E-state index contributed by atoms with van der Waals surface area (Å²) in [5, 5.41) is 0. The first-order chi connectivity index (χ1) is 11.7. The fourth-order valence-corrected chi connectivity index (χ4v) is 3.65. The van der Waals surface area contributed by atoms with Crippen molar-refractivity contribution in [2.24, 2.45) is 0 Å². The number of nitrogens with one attached hydrogen (secondary N) is 1. The van der Waals surface area contributed by atoms with Crippen molar-refractivity contribution in [3.8, 4) is 11.6 Å². The highest BCUT2D eigenvalue weighted by Gasteiger charge is 2.27. The van der Waals surface area contributed by atoms with Crippen LogP contribution in [0.4, 0.5) is 0 Å². The number of hydrogen-bond acceptors (Lipinski definition) is 4. The molecule has 1 atom stereocenters. The summed E-state index contributed by atoms with van der Waals surface area (Å²) in [6.07, 6.45) is 2.06. The Morgan fingerprint density at radius 3 is 2.54 bits per heavy atom. The van der Waals surface area contributed by atoms with Gasteiger partial charge in [-0.3, -0.25) is 9.78 Å². The Hall–Kier alpha value is -2.79. The summed E-state index contributed by atoms with van der Waals surface area (Å²) in [5.41, 5.74) is 2.07. The Bertz CT molecular complexity index is 939. The van der Waals surface area contributed by atoms with Gasteiger partial charge in [0.15, 0.2) is 0 Å². The molecule has 1 aromatic heterocycles. The van der Waals surface area contributed by atoms with E-state index in [1.165, 1.54) is 11.3 Å². The minimum Gasteiger partial charge on any atom is -0.497 e. The molecule has 1 unspecified atom stereocenters. The van der Waals surface area contributed by atoms with Gasteiger partial charge in [-0.25, -0.2) is 0 Å². The molecule has 2 heterocycles. The van der Waals surface area contributed by atoms with Crippen LogP contribution >= 0.6 is 11.3 Å². The lowest BCUT2D eigenvalue weighted by Gasteiger charge is -2.22. The number of methoxy groups -OCH3 is 1. The summed E-state index contributed by atoms with van der Waals surface area (Å²) in [7, 11) is 1.65. The van der Waals surface area contributed by atoms with E-state index >= 15 is 0 Å². The minimum atomic E-state index is -0.110. The molecule has 5 heteroatoms. The predicted octanol–water partition coefficient (Wildman–Crippen LogP) is 4.01. The van der Waals surface area contributed by atoms with Gasteiger partial charge in [0, 0.05) is 11.5 Å². The minimum absolute atomic E-state index is 0.0289. The van der Waals surface area contributed by atoms with Crippen LogP contribution < -0.4 is 14.3 Å². The number of aromatic nitrogens is 1. The SMILES string of the molecule is COc1ccc(C2C=C(c3ccccc3)Oc3[nH]c(=O)sc32)cc1. The van der Waals surface area contributed by atoms with Crippen LogP contribution in [0.1, 0.15) is 21.9 Å². The van der Waals surface area contributed by atoms with E-state index in [4.69, 9.17) is 9.47 Å². The zero-order valence-corrected chi connectivity index (χ0v) is 13.8. The van der Waals surface area contributed by atoms with Crippen molar-refractivity contribution in [2.45, 2.75) is 5.92 Å². The number of allylic oxidation sites excluding steroid dienone is 1. The van der Waals surface area contributed by atoms with E-state index in [0.29, 0.717) is 5.88 Å². The smallest absolute Gasteiger partial charge is 0.307 e. The van der Waals surface area contributed by atoms with Gasteiger partial charge < -0.3 is 9.47 Å². The van der Waals surface area contributed by atoms with Crippen LogP contribution in [0, 0.1) is 0 Å². The first-order valence-electron chi connectivity index (χ1n) is 7.56. The van der Waals surface area contributed by atoms with Gasteiger partial charge >= 0.3 is 4.87 Å². The summed E-state index contributed by atoms with van der Waals surface area (Å²) in [5.74, 6) is 2.06. The van der Waals surface area contributed by atoms with Crippen molar-refractivity contribution in [3.63, 3.8) is 0 Å². The summed E-state index contributed by atoms with van der Waals surface area (Å²) in [4.78, 5) is 15.4. The molecular weight excluding hydrogens is 322 g/mol. The van der Waals surface area contributed by atoms with Crippen LogP contribution in [0.25, 0.3) is 5.76 Å². The Balaban J connectivity index is 1.82. The third kappa shape index (κ3) is 2.63. The summed E-state index contributed by atoms with van der Waals surface area (Å²) < 4.78 is 11.2. The van der Waals surface area contributed by atoms with Crippen LogP contribution in [0.5, 0.6) is 11.6 Å². The molecule has 0 amide bonds. The highest BCUT2D eigenvalue weighted by atomic mass is 32.1. The molecule has 0 bridgehead atoms. The number of thiazole rings is 1. The molecule has 1 aliphatic rings. The second-order valence-corrected chi connectivity index (χ2v) is 6.47. The Kier molecular flexibility index (Phi) is 3.70. The molecule has 120 valence electrons. The average Bonchev–Trinajstić information content (AvgIpc) is 3.02. The molecule has 24 heavy (non-hydrogen) atoms. The molecule has 0 radical (unpaired) electrons. The van der Waals surface area contributed by atoms with Crippen LogP contribution in [0.3, 0.4) is 0 Å². The van der Waals surface area contributed by atoms with Crippen LogP contribution in [-0.4, -0.2) is 12.1 Å². The molecule has 0 saturated heterocycles. The van der Waals surface area contributed by atoms with Gasteiger partial charge in [0.25, 0.3) is 0 Å². The zero-order chi connectivity index (χ0) is 16.5. The van der Waals surface area contributed by atoms with Gasteiger partial charge in [-0.1, -0.05) is 53.8 Å². The highest BCUT2D eigenvalue weighted by Crippen LogP contribution is 2.41. The second kappa shape index (κ2) is 6.02. The van der Waals surface area contributed by atoms with Gasteiger partial charge in [0.05, 0.1) is 12.0 Å². The standard InChI is InChI=1S/C19H15NO3S/c1-22-14-9-7-12(8-10-14)15-11-16(13-5-3-2-4-6-13)23-18-17(15)24-19(21)20-18/h2-11,15H,1H3,(H,20,21). The lowest BCUT2D eigenvalue weighted by Crippen LogP contribution is -2.09. The number of hydrogen-bond donors (Lipinski definition) is 1. The molecule has 3 aromatic rings. The van der Waals surface area contributed by atoms with Crippen molar-refractivity contribution in [2.75, 3.05) is 7.11 Å². The van der Waals surface area contributed by atoms with Crippen LogP contribution in [0.15, 0.2) is 65.5 Å². The third-order valence-electron chi connectivity index (χ3n) is 3.99. The number of ether oxygens (including phenoxy) is 2. The quantitative estimate of drug-likeness (QED) is 0.785. The maximum absolute atomic E-state index is 11.8. The van der Waals surface area contributed by atoms with Crippen molar-refractivity contribution in [3.05, 3.63) is 86.3 Å². The highest BCUT2D eigenvalue weighted by molar-refractivity contribution is 7.09. The van der Waals surface area contributed by atoms with Crippen molar-refractivity contribution >= 4 is 17.1 Å². The van der Waals surface area contributed by atoms with E-state index in [0.717, 1.165) is 27.5 Å². The summed E-state index contributed by atoms with van der Waals surface area (Å²) in [6.45, 7) is 0. The van der Waals surface area contributed by atoms with Gasteiger partial charge in [0.1, 0.15) is 11.5 Å². The second-order valence-electron chi connectivity index (χ2n) is 5.46. The molecular formula is C19H15NO3S. The maximum atomic E-state index is 11.8. The number of aromatic amines is 1. The van der Waals surface area contributed by atoms with Crippen LogP contribution in [0.2, 0.25) is 0 Å². The maximum Gasteiger partial charge on any atom is 0.307 e. The van der Waals surface area contributed by atoms with Gasteiger partial charge in [-0.15, -0.1) is 0 Å². The van der Waals surface area contributed by atoms with Gasteiger partial charge in [-0.2, -0.15) is 0 Å². The summed E-state index contributed by atoms with van der Waals surface area (Å²) >= 11 is 1.19. The number of fused-ring (bicyclic) bond motifs is 1. The Morgan fingerprint density at radius 1 is 1.08 bits per heavy atom. The van der Waals surface area contributed by atoms with E-state index < -0.39 is 0 Å². The predicted molar refractivity (Wildman–Crippen MR) is 94.8 cm³/mol. The molecule has 0 aliphatic carbocycles. The Labute approximate surface area is 143 Å². The number of H-pyrrole nitrogens is 1. The summed E-state index contributed by atoms with van der Waals surface area (Å²) in [6, 6.07) is 17.8. The van der Waals surface area contributed by atoms with Gasteiger partial charge in [-0.05, 0) is 23.8 Å². The van der Waals surface area contributed by atoms with E-state index in [1.807, 2.05) is 54.6 Å². The topological polar surface area (TPSA) is 51.3 Å². The molecule has 2 aromatic carbocycles. The van der Waals surface area contributed by atoms with Crippen molar-refractivity contribution < 1.29 is 9.47 Å². The molecule has 0 fully saturated rings. The normalized spacial score (nSPS) is 16.0. The molecule has 0 saturated carbocycles. The first kappa shape index (κ1) is 14.8.